The fraction of sp³-hybridized carbons (Fsp3) is 0.294. The molecule has 0 aromatic heterocycles. The van der Waals surface area contributed by atoms with Gasteiger partial charge in [0.1, 0.15) is 5.82 Å². The highest BCUT2D eigenvalue weighted by Crippen LogP contribution is 2.30. The minimum Gasteiger partial charge on any atom is -0.367 e. The van der Waals surface area contributed by atoms with Crippen molar-refractivity contribution in [1.82, 2.24) is 0 Å². The Morgan fingerprint density at radius 2 is 1.81 bits per heavy atom. The van der Waals surface area contributed by atoms with Crippen LogP contribution in [0.3, 0.4) is 0 Å². The molecule has 0 aliphatic carbocycles. The Balaban J connectivity index is 2.18. The number of rotatable bonds is 6. The van der Waals surface area contributed by atoms with Crippen molar-refractivity contribution < 1.29 is 9.13 Å². The summed E-state index contributed by atoms with van der Waals surface area (Å²) >= 11 is 3.53. The van der Waals surface area contributed by atoms with Crippen molar-refractivity contribution in [3.63, 3.8) is 0 Å². The standard InChI is InChI=1S/C17H19BrFNO/c1-2-16(20)17(13-8-4-5-9-14(13)18)21-11-12-7-3-6-10-15(12)19/h3-10,16-17H,2,11,20H2,1H3. The predicted octanol–water partition coefficient (Wildman–Crippen LogP) is 4.58. The van der Waals surface area contributed by atoms with Gasteiger partial charge in [0.05, 0.1) is 12.7 Å². The molecule has 0 spiro atoms. The van der Waals surface area contributed by atoms with Crippen molar-refractivity contribution in [3.05, 3.63) is 69.9 Å². The minimum atomic E-state index is -0.273. The van der Waals surface area contributed by atoms with Crippen LogP contribution >= 0.6 is 15.9 Å². The van der Waals surface area contributed by atoms with Crippen molar-refractivity contribution in [3.8, 4) is 0 Å². The van der Waals surface area contributed by atoms with Crippen molar-refractivity contribution in [2.45, 2.75) is 32.1 Å². The van der Waals surface area contributed by atoms with E-state index in [1.807, 2.05) is 31.2 Å². The quantitative estimate of drug-likeness (QED) is 0.826. The van der Waals surface area contributed by atoms with Crippen LogP contribution in [0, 0.1) is 5.82 Å². The molecule has 4 heteroatoms. The van der Waals surface area contributed by atoms with E-state index in [-0.39, 0.29) is 24.6 Å². The van der Waals surface area contributed by atoms with E-state index in [1.54, 1.807) is 18.2 Å². The smallest absolute Gasteiger partial charge is 0.128 e. The lowest BCUT2D eigenvalue weighted by Crippen LogP contribution is -2.29. The van der Waals surface area contributed by atoms with Gasteiger partial charge >= 0.3 is 0 Å². The summed E-state index contributed by atoms with van der Waals surface area (Å²) in [6.07, 6.45) is 0.508. The Bertz CT molecular complexity index is 591. The SMILES string of the molecule is CCC(N)C(OCc1ccccc1F)c1ccccc1Br. The molecule has 2 rings (SSSR count). The Morgan fingerprint density at radius 3 is 2.48 bits per heavy atom. The number of hydrogen-bond donors (Lipinski definition) is 1. The van der Waals surface area contributed by atoms with Crippen LogP contribution in [0.2, 0.25) is 0 Å². The highest BCUT2D eigenvalue weighted by molar-refractivity contribution is 9.10. The van der Waals surface area contributed by atoms with Gasteiger partial charge in [-0.2, -0.15) is 0 Å². The third-order valence-electron chi connectivity index (χ3n) is 3.45. The van der Waals surface area contributed by atoms with E-state index in [1.165, 1.54) is 6.07 Å². The van der Waals surface area contributed by atoms with E-state index in [0.29, 0.717) is 5.56 Å². The summed E-state index contributed by atoms with van der Waals surface area (Å²) in [6, 6.07) is 14.3. The van der Waals surface area contributed by atoms with Gasteiger partial charge in [-0.15, -0.1) is 0 Å². The zero-order chi connectivity index (χ0) is 15.2. The summed E-state index contributed by atoms with van der Waals surface area (Å²) in [6.45, 7) is 2.22. The predicted molar refractivity (Wildman–Crippen MR) is 86.3 cm³/mol. The van der Waals surface area contributed by atoms with Crippen LogP contribution in [-0.4, -0.2) is 6.04 Å². The zero-order valence-corrected chi connectivity index (χ0v) is 13.5. The molecule has 0 aliphatic rings. The topological polar surface area (TPSA) is 35.2 Å². The molecule has 0 bridgehead atoms. The Hall–Kier alpha value is -1.23. The molecular formula is C17H19BrFNO. The third-order valence-corrected chi connectivity index (χ3v) is 4.17. The first-order chi connectivity index (χ1) is 10.1. The van der Waals surface area contributed by atoms with Gasteiger partial charge in [-0.25, -0.2) is 4.39 Å². The number of hydrogen-bond acceptors (Lipinski definition) is 2. The summed E-state index contributed by atoms with van der Waals surface area (Å²) in [7, 11) is 0. The van der Waals surface area contributed by atoms with Gasteiger partial charge in [-0.05, 0) is 24.1 Å². The average molecular weight is 352 g/mol. The molecule has 0 amide bonds. The van der Waals surface area contributed by atoms with Crippen LogP contribution in [0.5, 0.6) is 0 Å². The van der Waals surface area contributed by atoms with E-state index in [0.717, 1.165) is 16.5 Å². The molecule has 0 radical (unpaired) electrons. The van der Waals surface area contributed by atoms with Gasteiger partial charge in [0.2, 0.25) is 0 Å². The van der Waals surface area contributed by atoms with Crippen LogP contribution in [0.15, 0.2) is 53.0 Å². The molecule has 2 aromatic rings. The van der Waals surface area contributed by atoms with Crippen molar-refractivity contribution >= 4 is 15.9 Å². The van der Waals surface area contributed by atoms with Crippen LogP contribution in [0.25, 0.3) is 0 Å². The van der Waals surface area contributed by atoms with E-state index < -0.39 is 0 Å². The summed E-state index contributed by atoms with van der Waals surface area (Å²) in [5.74, 6) is -0.256. The Kier molecular flexibility index (Phi) is 5.91. The maximum Gasteiger partial charge on any atom is 0.128 e. The molecule has 0 saturated heterocycles. The minimum absolute atomic E-state index is 0.143. The fourth-order valence-corrected chi connectivity index (χ4v) is 2.67. The molecule has 2 aromatic carbocycles. The van der Waals surface area contributed by atoms with Gasteiger partial charge in [0, 0.05) is 16.1 Å². The summed E-state index contributed by atoms with van der Waals surface area (Å²) in [5.41, 5.74) is 7.71. The van der Waals surface area contributed by atoms with Gasteiger partial charge in [-0.3, -0.25) is 0 Å². The summed E-state index contributed by atoms with van der Waals surface area (Å²) in [4.78, 5) is 0. The number of nitrogens with two attached hydrogens (primary N) is 1. The zero-order valence-electron chi connectivity index (χ0n) is 11.9. The normalized spacial score (nSPS) is 13.9. The molecule has 0 aliphatic heterocycles. The lowest BCUT2D eigenvalue weighted by Gasteiger charge is -2.25. The summed E-state index contributed by atoms with van der Waals surface area (Å²) < 4.78 is 20.6. The van der Waals surface area contributed by atoms with Crippen molar-refractivity contribution in [1.29, 1.82) is 0 Å². The van der Waals surface area contributed by atoms with E-state index in [9.17, 15) is 4.39 Å². The highest BCUT2D eigenvalue weighted by atomic mass is 79.9. The number of ether oxygens (including phenoxy) is 1. The van der Waals surface area contributed by atoms with Crippen molar-refractivity contribution in [2.75, 3.05) is 0 Å². The first kappa shape index (κ1) is 16.1. The van der Waals surface area contributed by atoms with E-state index >= 15 is 0 Å². The third kappa shape index (κ3) is 4.13. The summed E-state index contributed by atoms with van der Waals surface area (Å²) in [5, 5.41) is 0. The van der Waals surface area contributed by atoms with Crippen molar-refractivity contribution in [2.24, 2.45) is 5.73 Å². The van der Waals surface area contributed by atoms with Crippen LogP contribution in [0.1, 0.15) is 30.6 Å². The van der Waals surface area contributed by atoms with Gasteiger partial charge in [0.25, 0.3) is 0 Å². The van der Waals surface area contributed by atoms with Crippen LogP contribution in [-0.2, 0) is 11.3 Å². The van der Waals surface area contributed by atoms with Gasteiger partial charge in [0.15, 0.2) is 0 Å². The second-order valence-corrected chi connectivity index (χ2v) is 5.77. The van der Waals surface area contributed by atoms with Crippen LogP contribution in [0.4, 0.5) is 4.39 Å². The van der Waals surface area contributed by atoms with Gasteiger partial charge in [-0.1, -0.05) is 59.3 Å². The molecule has 112 valence electrons. The average Bonchev–Trinajstić information content (AvgIpc) is 2.50. The number of benzene rings is 2. The molecule has 0 fully saturated rings. The van der Waals surface area contributed by atoms with E-state index in [2.05, 4.69) is 15.9 Å². The number of halogens is 2. The molecular weight excluding hydrogens is 333 g/mol. The fourth-order valence-electron chi connectivity index (χ4n) is 2.16. The molecule has 21 heavy (non-hydrogen) atoms. The molecule has 0 saturated carbocycles. The van der Waals surface area contributed by atoms with Crippen LogP contribution < -0.4 is 5.73 Å². The lowest BCUT2D eigenvalue weighted by molar-refractivity contribution is 0.0194. The second kappa shape index (κ2) is 7.69. The Morgan fingerprint density at radius 1 is 1.14 bits per heavy atom. The highest BCUT2D eigenvalue weighted by Gasteiger charge is 2.21. The maximum absolute atomic E-state index is 13.7. The largest absolute Gasteiger partial charge is 0.367 e. The molecule has 2 unspecified atom stereocenters. The molecule has 2 N–H and O–H groups in total. The van der Waals surface area contributed by atoms with E-state index in [4.69, 9.17) is 10.5 Å². The molecule has 0 heterocycles. The first-order valence-electron chi connectivity index (χ1n) is 6.98. The first-order valence-corrected chi connectivity index (χ1v) is 7.77. The molecule has 2 atom stereocenters. The van der Waals surface area contributed by atoms with Gasteiger partial charge < -0.3 is 10.5 Å². The Labute approximate surface area is 133 Å². The maximum atomic E-state index is 13.7. The molecule has 2 nitrogen and oxygen atoms in total. The lowest BCUT2D eigenvalue weighted by atomic mass is 10.0. The monoisotopic (exact) mass is 351 g/mol. The second-order valence-electron chi connectivity index (χ2n) is 4.92.